The maximum absolute atomic E-state index is 11.1. The van der Waals surface area contributed by atoms with Gasteiger partial charge < -0.3 is 35.1 Å². The van der Waals surface area contributed by atoms with Crippen molar-refractivity contribution in [2.24, 2.45) is 0 Å². The number of phenolic OH excluding ortho intramolecular Hbond substituents is 4. The Hall–Kier alpha value is -2.41. The second-order valence-corrected chi connectivity index (χ2v) is 37.5. The molecule has 0 bridgehead atoms. The second-order valence-electron chi connectivity index (χ2n) is 29.2. The molecule has 0 fully saturated rings. The number of hydrogen-bond acceptors (Lipinski definition) is 9. The summed E-state index contributed by atoms with van der Waals surface area (Å²) in [6.45, 7) is 60.7. The quantitative estimate of drug-likeness (QED) is 0.0510. The van der Waals surface area contributed by atoms with Gasteiger partial charge in [-0.2, -0.15) is 0 Å². The molecule has 7 N–H and O–H groups in total. The normalized spacial score (nSPS) is 13.7. The monoisotopic (exact) mass is 1130 g/mol. The number of benzene rings is 4. The highest BCUT2D eigenvalue weighted by molar-refractivity contribution is 8.18. The largest absolute Gasteiger partial charge is 0.507 e. The van der Waals surface area contributed by atoms with Gasteiger partial charge in [-0.3, -0.25) is 0 Å². The van der Waals surface area contributed by atoms with Crippen LogP contribution >= 0.6 is 54.9 Å². The average Bonchev–Trinajstić information content (AvgIpc) is 3.13. The molecule has 0 aliphatic rings. The Morgan fingerprint density at radius 3 is 0.440 bits per heavy atom. The van der Waals surface area contributed by atoms with Crippen LogP contribution in [0, 0.1) is 0 Å². The fraction of sp³-hybridized carbons (Fsp3) is 0.613. The van der Waals surface area contributed by atoms with Crippen molar-refractivity contribution in [1.29, 1.82) is 0 Å². The smallest absolute Gasteiger partial charge is 0.466 e. The van der Waals surface area contributed by atoms with Gasteiger partial charge in [-0.25, -0.2) is 4.57 Å². The van der Waals surface area contributed by atoms with Crippen molar-refractivity contribution in [3.05, 3.63) is 93.0 Å². The Morgan fingerprint density at radius 2 is 0.360 bits per heavy atom. The van der Waals surface area contributed by atoms with E-state index in [4.69, 9.17) is 19.2 Å². The molecule has 0 atom stereocenters. The number of aromatic hydroxyl groups is 4. The first-order valence-electron chi connectivity index (χ1n) is 25.9. The highest BCUT2D eigenvalue weighted by Crippen LogP contribution is 2.53. The summed E-state index contributed by atoms with van der Waals surface area (Å²) in [4.78, 5) is 26.2. The molecule has 0 radical (unpaired) electrons. The number of rotatable bonds is 8. The second kappa shape index (κ2) is 23.4. The molecule has 0 saturated heterocycles. The molecule has 0 saturated carbocycles. The van der Waals surface area contributed by atoms with Gasteiger partial charge in [-0.15, -0.1) is 47.0 Å². The van der Waals surface area contributed by atoms with Crippen LogP contribution in [0.25, 0.3) is 0 Å². The minimum absolute atomic E-state index is 0.155. The Morgan fingerprint density at radius 1 is 0.267 bits per heavy atom. The molecule has 0 aromatic heterocycles. The predicted molar refractivity (Wildman–Crippen MR) is 328 cm³/mol. The van der Waals surface area contributed by atoms with Crippen LogP contribution in [-0.4, -0.2) is 43.3 Å². The lowest BCUT2D eigenvalue weighted by Crippen LogP contribution is -2.19. The lowest BCUT2D eigenvalue weighted by molar-refractivity contribution is 0.275. The van der Waals surface area contributed by atoms with E-state index < -0.39 is 7.82 Å². The van der Waals surface area contributed by atoms with Crippen LogP contribution in [0.4, 0.5) is 0 Å². The highest BCUT2D eigenvalue weighted by atomic mass is 32.2. The van der Waals surface area contributed by atoms with Crippen LogP contribution in [0.15, 0.2) is 68.1 Å². The van der Waals surface area contributed by atoms with E-state index in [9.17, 15) is 20.4 Å². The van der Waals surface area contributed by atoms with Crippen molar-refractivity contribution in [2.75, 3.05) is 0 Å². The maximum atomic E-state index is 11.1. The van der Waals surface area contributed by atoms with Crippen LogP contribution in [0.5, 0.6) is 23.0 Å². The summed E-state index contributed by atoms with van der Waals surface area (Å²) in [6.07, 6.45) is 0. The van der Waals surface area contributed by atoms with Gasteiger partial charge in [0, 0.05) is 64.1 Å². The van der Waals surface area contributed by atoms with Crippen LogP contribution < -0.4 is 0 Å². The fourth-order valence-corrected chi connectivity index (χ4v) is 13.6. The van der Waals surface area contributed by atoms with Gasteiger partial charge in [-0.1, -0.05) is 166 Å². The van der Waals surface area contributed by atoms with Crippen LogP contribution in [0.2, 0.25) is 0 Å². The SMILES string of the molecule is CC(C)(Sc1cc(C(C)(C)C)c(O)c(C(C)(C)C)c1)Sc1cc(C(C)(C)C)c(O)c(C(C)(C)C)c1.CC(C)(Sc1cc(C(C)(C)C)c(O)c(C(C)(C)C)c1)Sc1cc(C(C)(C)C)c(O)c(C(C)(C)C)c1.O=P(O)(O)O. The van der Waals surface area contributed by atoms with Gasteiger partial charge in [0.15, 0.2) is 0 Å². The van der Waals surface area contributed by atoms with Crippen molar-refractivity contribution in [3.8, 4) is 23.0 Å². The van der Waals surface area contributed by atoms with Crippen LogP contribution in [0.3, 0.4) is 0 Å². The molecule has 13 heteroatoms. The molecule has 4 aromatic rings. The molecule has 8 nitrogen and oxygen atoms in total. The lowest BCUT2D eigenvalue weighted by atomic mass is 9.79. The van der Waals surface area contributed by atoms with E-state index in [-0.39, 0.29) is 51.5 Å². The molecule has 75 heavy (non-hydrogen) atoms. The van der Waals surface area contributed by atoms with E-state index in [1.807, 2.05) is 47.0 Å². The minimum Gasteiger partial charge on any atom is -0.507 e. The van der Waals surface area contributed by atoms with Gasteiger partial charge in [0.05, 0.1) is 8.16 Å². The maximum Gasteiger partial charge on any atom is 0.466 e. The average molecular weight is 1130 g/mol. The van der Waals surface area contributed by atoms with Crippen molar-refractivity contribution in [2.45, 2.75) is 265 Å². The summed E-state index contributed by atoms with van der Waals surface area (Å²) in [7, 11) is -4.64. The van der Waals surface area contributed by atoms with Gasteiger partial charge >= 0.3 is 7.82 Å². The molecule has 0 aliphatic carbocycles. The minimum atomic E-state index is -4.64. The Kier molecular flexibility index (Phi) is 21.4. The van der Waals surface area contributed by atoms with Crippen molar-refractivity contribution < 1.29 is 39.7 Å². The van der Waals surface area contributed by atoms with Gasteiger partial charge in [0.2, 0.25) is 0 Å². The van der Waals surface area contributed by atoms with Crippen molar-refractivity contribution in [3.63, 3.8) is 0 Å². The lowest BCUT2D eigenvalue weighted by Gasteiger charge is -2.31. The number of phenols is 4. The van der Waals surface area contributed by atoms with E-state index in [0.29, 0.717) is 23.0 Å². The van der Waals surface area contributed by atoms with Crippen LogP contribution in [0.1, 0.15) is 238 Å². The van der Waals surface area contributed by atoms with Crippen molar-refractivity contribution in [1.82, 2.24) is 0 Å². The molecular weight excluding hydrogens is 1030 g/mol. The van der Waals surface area contributed by atoms with Gasteiger partial charge in [0.25, 0.3) is 0 Å². The van der Waals surface area contributed by atoms with E-state index in [1.54, 1.807) is 0 Å². The third-order valence-electron chi connectivity index (χ3n) is 12.3. The molecule has 0 heterocycles. The number of phosphoric acid groups is 1. The summed E-state index contributed by atoms with van der Waals surface area (Å²) in [5.74, 6) is 1.68. The van der Waals surface area contributed by atoms with Gasteiger partial charge in [0.1, 0.15) is 23.0 Å². The Balaban J connectivity index is 0.000000470. The summed E-state index contributed by atoms with van der Waals surface area (Å²) in [5.41, 5.74) is 6.67. The first-order valence-corrected chi connectivity index (χ1v) is 30.8. The summed E-state index contributed by atoms with van der Waals surface area (Å²) < 4.78 is 8.55. The zero-order chi connectivity index (χ0) is 59.2. The summed E-state index contributed by atoms with van der Waals surface area (Å²) in [5, 5.41) is 44.5. The summed E-state index contributed by atoms with van der Waals surface area (Å²) >= 11 is 7.32. The van der Waals surface area contributed by atoms with Crippen molar-refractivity contribution >= 4 is 54.9 Å². The molecule has 4 aromatic carbocycles. The molecule has 0 spiro atoms. The van der Waals surface area contributed by atoms with Crippen LogP contribution in [-0.2, 0) is 47.9 Å². The Labute approximate surface area is 472 Å². The molecular formula is C62H99O8PS4. The molecule has 0 aliphatic heterocycles. The Bertz CT molecular complexity index is 2180. The topological polar surface area (TPSA) is 159 Å². The first-order chi connectivity index (χ1) is 32.9. The number of thioether (sulfide) groups is 4. The zero-order valence-electron chi connectivity index (χ0n) is 51.2. The first kappa shape index (κ1) is 68.7. The van der Waals surface area contributed by atoms with E-state index >= 15 is 0 Å². The third kappa shape index (κ3) is 20.6. The molecule has 424 valence electrons. The summed E-state index contributed by atoms with van der Waals surface area (Å²) in [6, 6.07) is 17.3. The number of hydrogen-bond donors (Lipinski definition) is 7. The highest BCUT2D eigenvalue weighted by Gasteiger charge is 2.34. The fourth-order valence-electron chi connectivity index (χ4n) is 8.42. The standard InChI is InChI=1S/2C31H48O2S2.H3O4P/c2*1-27(2,3)21-15-19(16-22(25(21)32)28(4,5)6)34-31(13,14)35-20-17-23(29(7,8)9)26(33)24(18-20)30(10,11)12;1-5(2,3)4/h2*15-18,32-33H,1-14H3;(H3,1,2,3,4). The zero-order valence-corrected chi connectivity index (χ0v) is 55.4. The van der Waals surface area contributed by atoms with E-state index in [1.165, 1.54) is 19.6 Å². The van der Waals surface area contributed by atoms with Gasteiger partial charge in [-0.05, 0) is 120 Å². The third-order valence-corrected chi connectivity index (χ3v) is 17.1. The molecule has 0 amide bonds. The predicted octanol–water partition coefficient (Wildman–Crippen LogP) is 18.9. The molecule has 4 rings (SSSR count). The van der Waals surface area contributed by atoms with E-state index in [2.05, 4.69) is 242 Å². The molecule has 0 unspecified atom stereocenters. The van der Waals surface area contributed by atoms with E-state index in [0.717, 1.165) is 44.5 Å².